The highest BCUT2D eigenvalue weighted by Crippen LogP contribution is 2.47. The van der Waals surface area contributed by atoms with Gasteiger partial charge in [0.05, 0.1) is 24.0 Å². The van der Waals surface area contributed by atoms with E-state index in [0.717, 1.165) is 45.4 Å². The van der Waals surface area contributed by atoms with Crippen LogP contribution in [0.15, 0.2) is 60.7 Å². The molecular formula is C32H40N2O6. The minimum absolute atomic E-state index is 0.0634. The molecule has 8 nitrogen and oxygen atoms in total. The summed E-state index contributed by atoms with van der Waals surface area (Å²) in [5, 5.41) is 9.06. The number of carbonyl (C=O) groups is 3. The van der Waals surface area contributed by atoms with Crippen LogP contribution in [0.25, 0.3) is 0 Å². The van der Waals surface area contributed by atoms with E-state index in [1.807, 2.05) is 36.4 Å². The van der Waals surface area contributed by atoms with Crippen molar-refractivity contribution >= 4 is 18.2 Å². The summed E-state index contributed by atoms with van der Waals surface area (Å²) in [5.41, 5.74) is 1.71. The van der Waals surface area contributed by atoms with E-state index >= 15 is 0 Å². The number of hydrogen-bond acceptors (Lipinski definition) is 8. The Labute approximate surface area is 236 Å². The normalized spacial score (nSPS) is 29.3. The SMILES string of the molecule is O=C1OCC2CN(Cc3ccccc3)CC12CCCO.O=CCCC12CN(Cc3ccccc3)CC1COC2=O. The maximum absolute atomic E-state index is 12.2. The zero-order valence-corrected chi connectivity index (χ0v) is 23.1. The average Bonchev–Trinajstić information content (AvgIpc) is 3.68. The molecule has 40 heavy (non-hydrogen) atoms. The number of benzene rings is 2. The summed E-state index contributed by atoms with van der Waals surface area (Å²) in [6.45, 7) is 6.16. The Kier molecular flexibility index (Phi) is 8.98. The molecule has 0 saturated carbocycles. The molecule has 0 aliphatic carbocycles. The lowest BCUT2D eigenvalue weighted by Gasteiger charge is -2.24. The fraction of sp³-hybridized carbons (Fsp3) is 0.531. The third-order valence-electron chi connectivity index (χ3n) is 9.16. The molecular weight excluding hydrogens is 508 g/mol. The van der Waals surface area contributed by atoms with Gasteiger partial charge in [-0.25, -0.2) is 0 Å². The van der Waals surface area contributed by atoms with Crippen molar-refractivity contribution < 1.29 is 29.0 Å². The average molecular weight is 549 g/mol. The smallest absolute Gasteiger partial charge is 0.313 e. The lowest BCUT2D eigenvalue weighted by Crippen LogP contribution is -2.35. The van der Waals surface area contributed by atoms with Crippen LogP contribution < -0.4 is 0 Å². The first-order chi connectivity index (χ1) is 19.5. The number of ether oxygens (including phenoxy) is 2. The number of rotatable bonds is 10. The number of aldehydes is 1. The van der Waals surface area contributed by atoms with Crippen molar-refractivity contribution in [2.45, 2.75) is 38.8 Å². The summed E-state index contributed by atoms with van der Waals surface area (Å²) in [6, 6.07) is 20.6. The van der Waals surface area contributed by atoms with E-state index in [1.54, 1.807) is 0 Å². The van der Waals surface area contributed by atoms with Crippen molar-refractivity contribution in [3.63, 3.8) is 0 Å². The van der Waals surface area contributed by atoms with Crippen LogP contribution in [0.2, 0.25) is 0 Å². The maximum Gasteiger partial charge on any atom is 0.313 e. The zero-order valence-electron chi connectivity index (χ0n) is 23.1. The van der Waals surface area contributed by atoms with Crippen molar-refractivity contribution in [3.8, 4) is 0 Å². The van der Waals surface area contributed by atoms with Crippen LogP contribution in [0.5, 0.6) is 0 Å². The van der Waals surface area contributed by atoms with Gasteiger partial charge in [-0.2, -0.15) is 0 Å². The quantitative estimate of drug-likeness (QED) is 0.358. The number of likely N-dealkylation sites (tertiary alicyclic amines) is 2. The molecule has 0 spiro atoms. The second kappa shape index (κ2) is 12.6. The lowest BCUT2D eigenvalue weighted by molar-refractivity contribution is -0.147. The largest absolute Gasteiger partial charge is 0.465 e. The van der Waals surface area contributed by atoms with Gasteiger partial charge in [0.15, 0.2) is 0 Å². The van der Waals surface area contributed by atoms with Gasteiger partial charge >= 0.3 is 11.9 Å². The zero-order chi connectivity index (χ0) is 28.0. The van der Waals surface area contributed by atoms with Gasteiger partial charge < -0.3 is 19.4 Å². The van der Waals surface area contributed by atoms with Crippen LogP contribution in [0, 0.1) is 22.7 Å². The standard InChI is InChI=1S/C16H21NO3.C16H19NO3/c2*18-8-4-7-16-12-17(9-13-5-2-1-3-6-13)10-14(16)11-20-15(16)19/h1-3,5-6,14,18H,4,7-12H2;1-3,5-6,8,14H,4,7,9-12H2. The number of fused-ring (bicyclic) bond motifs is 2. The first-order valence-corrected chi connectivity index (χ1v) is 14.4. The summed E-state index contributed by atoms with van der Waals surface area (Å²) in [4.78, 5) is 39.6. The van der Waals surface area contributed by atoms with E-state index in [-0.39, 0.29) is 35.8 Å². The van der Waals surface area contributed by atoms with Crippen LogP contribution in [0.4, 0.5) is 0 Å². The van der Waals surface area contributed by atoms with E-state index in [2.05, 4.69) is 34.1 Å². The summed E-state index contributed by atoms with van der Waals surface area (Å²) in [7, 11) is 0. The summed E-state index contributed by atoms with van der Waals surface area (Å²) >= 11 is 0. The van der Waals surface area contributed by atoms with E-state index in [9.17, 15) is 14.4 Å². The predicted octanol–water partition coefficient (Wildman–Crippen LogP) is 3.07. The molecule has 2 aromatic carbocycles. The number of cyclic esters (lactones) is 2. The topological polar surface area (TPSA) is 96.4 Å². The second-order valence-corrected chi connectivity index (χ2v) is 11.7. The van der Waals surface area contributed by atoms with Gasteiger partial charge in [0.25, 0.3) is 0 Å². The highest BCUT2D eigenvalue weighted by molar-refractivity contribution is 5.81. The highest BCUT2D eigenvalue weighted by Gasteiger charge is 2.57. The van der Waals surface area contributed by atoms with Crippen molar-refractivity contribution in [1.29, 1.82) is 0 Å². The van der Waals surface area contributed by atoms with Crippen LogP contribution >= 0.6 is 0 Å². The van der Waals surface area contributed by atoms with Crippen molar-refractivity contribution in [3.05, 3.63) is 71.8 Å². The van der Waals surface area contributed by atoms with Gasteiger partial charge in [-0.15, -0.1) is 0 Å². The first kappa shape index (κ1) is 28.5. The number of nitrogens with zero attached hydrogens (tertiary/aromatic N) is 2. The van der Waals surface area contributed by atoms with Gasteiger partial charge in [-0.3, -0.25) is 19.4 Å². The highest BCUT2D eigenvalue weighted by atomic mass is 16.5. The van der Waals surface area contributed by atoms with E-state index < -0.39 is 5.41 Å². The predicted molar refractivity (Wildman–Crippen MR) is 149 cm³/mol. The first-order valence-electron chi connectivity index (χ1n) is 14.4. The molecule has 1 N–H and O–H groups in total. The maximum atomic E-state index is 12.2. The van der Waals surface area contributed by atoms with Crippen LogP contribution in [0.1, 0.15) is 36.8 Å². The molecule has 0 radical (unpaired) electrons. The molecule has 0 aromatic heterocycles. The van der Waals surface area contributed by atoms with Gasteiger partial charge in [-0.1, -0.05) is 60.7 Å². The number of hydrogen-bond donors (Lipinski definition) is 1. The minimum atomic E-state index is -0.449. The lowest BCUT2D eigenvalue weighted by atomic mass is 9.77. The van der Waals surface area contributed by atoms with Gasteiger partial charge in [0, 0.05) is 64.1 Å². The molecule has 4 heterocycles. The molecule has 4 atom stereocenters. The van der Waals surface area contributed by atoms with Gasteiger partial charge in [-0.05, 0) is 30.4 Å². The molecule has 8 heteroatoms. The number of aliphatic hydroxyl groups is 1. The number of esters is 2. The van der Waals surface area contributed by atoms with Crippen LogP contribution in [-0.2, 0) is 36.9 Å². The fourth-order valence-corrected chi connectivity index (χ4v) is 7.09. The molecule has 4 aliphatic rings. The van der Waals surface area contributed by atoms with Crippen LogP contribution in [-0.4, -0.2) is 79.1 Å². The van der Waals surface area contributed by atoms with Gasteiger partial charge in [0.1, 0.15) is 6.29 Å². The molecule has 0 bridgehead atoms. The molecule has 4 unspecified atom stereocenters. The fourth-order valence-electron chi connectivity index (χ4n) is 7.09. The van der Waals surface area contributed by atoms with Crippen molar-refractivity contribution in [2.75, 3.05) is 46.0 Å². The van der Waals surface area contributed by atoms with Crippen molar-refractivity contribution in [1.82, 2.24) is 9.80 Å². The molecule has 214 valence electrons. The molecule has 4 aliphatic heterocycles. The summed E-state index contributed by atoms with van der Waals surface area (Å²) in [5.74, 6) is 0.343. The number of carbonyl (C=O) groups excluding carboxylic acids is 3. The Morgan fingerprint density at radius 2 is 1.25 bits per heavy atom. The molecule has 2 aromatic rings. The monoisotopic (exact) mass is 548 g/mol. The summed E-state index contributed by atoms with van der Waals surface area (Å²) in [6.07, 6.45) is 3.36. The Hall–Kier alpha value is -3.07. The van der Waals surface area contributed by atoms with E-state index in [1.165, 1.54) is 11.1 Å². The minimum Gasteiger partial charge on any atom is -0.465 e. The van der Waals surface area contributed by atoms with Crippen molar-refractivity contribution in [2.24, 2.45) is 22.7 Å². The summed E-state index contributed by atoms with van der Waals surface area (Å²) < 4.78 is 10.5. The molecule has 6 rings (SSSR count). The molecule has 4 saturated heterocycles. The molecule has 0 amide bonds. The Morgan fingerprint density at radius 3 is 1.70 bits per heavy atom. The van der Waals surface area contributed by atoms with E-state index in [4.69, 9.17) is 14.6 Å². The second-order valence-electron chi connectivity index (χ2n) is 11.7. The van der Waals surface area contributed by atoms with Crippen LogP contribution in [0.3, 0.4) is 0 Å². The third-order valence-corrected chi connectivity index (χ3v) is 9.16. The third kappa shape index (κ3) is 5.85. The Bertz CT molecular complexity index is 1160. The Morgan fingerprint density at radius 1 is 0.775 bits per heavy atom. The number of aliphatic hydroxyl groups excluding tert-OH is 1. The Balaban J connectivity index is 0.000000161. The van der Waals surface area contributed by atoms with E-state index in [0.29, 0.717) is 39.0 Å². The molecule has 4 fully saturated rings. The van der Waals surface area contributed by atoms with Gasteiger partial charge in [0.2, 0.25) is 0 Å².